The molecule has 1 aliphatic heterocycles. The number of rotatable bonds is 7. The molecule has 1 heterocycles. The van der Waals surface area contributed by atoms with Gasteiger partial charge in [-0.05, 0) is 6.92 Å². The third-order valence-corrected chi connectivity index (χ3v) is 2.76. The van der Waals surface area contributed by atoms with E-state index < -0.39 is 43.3 Å². The maximum Gasteiger partial charge on any atom is 0.333 e. The van der Waals surface area contributed by atoms with Gasteiger partial charge < -0.3 is 29.9 Å². The van der Waals surface area contributed by atoms with Crippen molar-refractivity contribution in [3.05, 3.63) is 12.2 Å². The summed E-state index contributed by atoms with van der Waals surface area (Å²) >= 11 is 0. The Morgan fingerprint density at radius 1 is 1.19 bits per heavy atom. The van der Waals surface area contributed by atoms with Gasteiger partial charge in [-0.1, -0.05) is 6.58 Å². The van der Waals surface area contributed by atoms with Gasteiger partial charge in [0.2, 0.25) is 6.29 Å². The molecule has 9 heteroatoms. The van der Waals surface area contributed by atoms with Crippen molar-refractivity contribution < 1.29 is 44.5 Å². The van der Waals surface area contributed by atoms with Gasteiger partial charge in [0.25, 0.3) is 0 Å². The smallest absolute Gasteiger partial charge is 0.333 e. The molecule has 122 valence electrons. The van der Waals surface area contributed by atoms with E-state index in [4.69, 9.17) is 19.5 Å². The molecule has 1 aliphatic rings. The first-order valence-corrected chi connectivity index (χ1v) is 6.30. The lowest BCUT2D eigenvalue weighted by molar-refractivity contribution is -0.426. The summed E-state index contributed by atoms with van der Waals surface area (Å²) in [6, 6.07) is 0. The Labute approximate surface area is 121 Å². The highest BCUT2D eigenvalue weighted by Crippen LogP contribution is 2.21. The summed E-state index contributed by atoms with van der Waals surface area (Å²) in [7, 11) is 0. The van der Waals surface area contributed by atoms with Gasteiger partial charge >= 0.3 is 5.97 Å². The van der Waals surface area contributed by atoms with Crippen molar-refractivity contribution in [3.63, 3.8) is 0 Å². The van der Waals surface area contributed by atoms with Crippen LogP contribution in [0.5, 0.6) is 0 Å². The second-order valence-corrected chi connectivity index (χ2v) is 4.53. The van der Waals surface area contributed by atoms with Gasteiger partial charge in [-0.3, -0.25) is 0 Å². The van der Waals surface area contributed by atoms with E-state index in [0.717, 1.165) is 0 Å². The summed E-state index contributed by atoms with van der Waals surface area (Å²) in [4.78, 5) is 20.5. The van der Waals surface area contributed by atoms with Crippen molar-refractivity contribution in [2.45, 2.75) is 37.6 Å². The lowest BCUT2D eigenvalue weighted by Crippen LogP contribution is -2.59. The maximum absolute atomic E-state index is 11.0. The van der Waals surface area contributed by atoms with Crippen LogP contribution < -0.4 is 0 Å². The average Bonchev–Trinajstić information content (AvgIpc) is 2.46. The van der Waals surface area contributed by atoms with Gasteiger partial charge in [-0.2, -0.15) is 0 Å². The van der Waals surface area contributed by atoms with Crippen LogP contribution in [0.25, 0.3) is 0 Å². The number of carbonyl (C=O) groups is 1. The van der Waals surface area contributed by atoms with Crippen LogP contribution in [0.2, 0.25) is 0 Å². The van der Waals surface area contributed by atoms with Crippen LogP contribution in [-0.4, -0.2) is 76.9 Å². The molecule has 0 saturated carbocycles. The van der Waals surface area contributed by atoms with Crippen LogP contribution in [-0.2, 0) is 24.0 Å². The minimum atomic E-state index is -1.55. The van der Waals surface area contributed by atoms with Crippen LogP contribution in [0.15, 0.2) is 12.2 Å². The van der Waals surface area contributed by atoms with Crippen molar-refractivity contribution in [2.75, 3.05) is 19.8 Å². The summed E-state index contributed by atoms with van der Waals surface area (Å²) < 4.78 is 9.74. The molecule has 0 aromatic rings. The van der Waals surface area contributed by atoms with E-state index in [1.165, 1.54) is 6.92 Å². The van der Waals surface area contributed by atoms with Crippen molar-refractivity contribution in [1.29, 1.82) is 0 Å². The number of carbonyl (C=O) groups excluding carboxylic acids is 1. The van der Waals surface area contributed by atoms with Gasteiger partial charge in [0, 0.05) is 5.57 Å². The summed E-state index contributed by atoms with van der Waals surface area (Å²) in [6.07, 6.45) is -7.05. The fourth-order valence-electron chi connectivity index (χ4n) is 1.55. The molecular formula is C12H20O9. The Morgan fingerprint density at radius 2 is 1.86 bits per heavy atom. The topological polar surface area (TPSA) is 135 Å². The Morgan fingerprint density at radius 3 is 2.43 bits per heavy atom. The normalized spacial score (nSPS) is 32.7. The molecule has 4 N–H and O–H groups in total. The Bertz CT molecular complexity index is 357. The van der Waals surface area contributed by atoms with Crippen LogP contribution in [0, 0.1) is 0 Å². The monoisotopic (exact) mass is 308 g/mol. The number of hydrogen-bond acceptors (Lipinski definition) is 9. The SMILES string of the molecule is C=C(C)C(=O)OCCOOC1OC(CO)C(O)C(O)C1O. The van der Waals surface area contributed by atoms with E-state index in [1.54, 1.807) is 0 Å². The van der Waals surface area contributed by atoms with Crippen LogP contribution in [0.4, 0.5) is 0 Å². The molecule has 0 aromatic carbocycles. The first kappa shape index (κ1) is 18.0. The highest BCUT2D eigenvalue weighted by molar-refractivity contribution is 5.86. The zero-order valence-electron chi connectivity index (χ0n) is 11.5. The van der Waals surface area contributed by atoms with E-state index >= 15 is 0 Å². The minimum absolute atomic E-state index is 0.108. The summed E-state index contributed by atoms with van der Waals surface area (Å²) in [5.74, 6) is -0.577. The summed E-state index contributed by atoms with van der Waals surface area (Å²) in [5.41, 5.74) is 0.241. The minimum Gasteiger partial charge on any atom is -0.460 e. The molecule has 9 nitrogen and oxygen atoms in total. The summed E-state index contributed by atoms with van der Waals surface area (Å²) in [5, 5.41) is 37.6. The van der Waals surface area contributed by atoms with Crippen molar-refractivity contribution >= 4 is 5.97 Å². The van der Waals surface area contributed by atoms with Crippen LogP contribution >= 0.6 is 0 Å². The van der Waals surface area contributed by atoms with E-state index in [9.17, 15) is 20.1 Å². The second kappa shape index (κ2) is 8.39. The fraction of sp³-hybridized carbons (Fsp3) is 0.750. The largest absolute Gasteiger partial charge is 0.460 e. The van der Waals surface area contributed by atoms with E-state index in [-0.39, 0.29) is 18.8 Å². The summed E-state index contributed by atoms with van der Waals surface area (Å²) in [6.45, 7) is 4.07. The third kappa shape index (κ3) is 5.00. The molecule has 0 amide bonds. The first-order valence-electron chi connectivity index (χ1n) is 6.30. The number of aliphatic hydroxyl groups excluding tert-OH is 4. The third-order valence-electron chi connectivity index (χ3n) is 2.76. The van der Waals surface area contributed by atoms with Gasteiger partial charge in [0.15, 0.2) is 0 Å². The van der Waals surface area contributed by atoms with Crippen LogP contribution in [0.1, 0.15) is 6.92 Å². The van der Waals surface area contributed by atoms with E-state index in [1.807, 2.05) is 0 Å². The predicted octanol–water partition coefficient (Wildman–Crippen LogP) is -2.15. The molecule has 0 bridgehead atoms. The highest BCUT2D eigenvalue weighted by Gasteiger charge is 2.44. The molecule has 1 fully saturated rings. The molecule has 0 spiro atoms. The number of esters is 1. The molecule has 0 aliphatic carbocycles. The highest BCUT2D eigenvalue weighted by atomic mass is 17.2. The first-order chi connectivity index (χ1) is 9.88. The molecule has 1 saturated heterocycles. The van der Waals surface area contributed by atoms with Gasteiger partial charge in [-0.25, -0.2) is 14.6 Å². The van der Waals surface area contributed by atoms with Gasteiger partial charge in [-0.15, -0.1) is 0 Å². The fourth-order valence-corrected chi connectivity index (χ4v) is 1.55. The van der Waals surface area contributed by atoms with Crippen molar-refractivity contribution in [2.24, 2.45) is 0 Å². The zero-order valence-corrected chi connectivity index (χ0v) is 11.5. The molecule has 1 rings (SSSR count). The molecule has 21 heavy (non-hydrogen) atoms. The number of aliphatic hydroxyl groups is 4. The average molecular weight is 308 g/mol. The molecule has 5 unspecified atom stereocenters. The van der Waals surface area contributed by atoms with Crippen LogP contribution in [0.3, 0.4) is 0 Å². The Kier molecular flexibility index (Phi) is 7.18. The molecule has 0 aromatic heterocycles. The molecule has 0 radical (unpaired) electrons. The standard InChI is InChI=1S/C12H20O9/c1-6(2)11(17)18-3-4-19-21-12-10(16)9(15)8(14)7(5-13)20-12/h7-10,12-16H,1,3-5H2,2H3. The van der Waals surface area contributed by atoms with E-state index in [2.05, 4.69) is 11.5 Å². The number of hydrogen-bond donors (Lipinski definition) is 4. The zero-order chi connectivity index (χ0) is 16.0. The van der Waals surface area contributed by atoms with Gasteiger partial charge in [0.05, 0.1) is 6.61 Å². The quantitative estimate of drug-likeness (QED) is 0.136. The van der Waals surface area contributed by atoms with Crippen molar-refractivity contribution in [3.8, 4) is 0 Å². The van der Waals surface area contributed by atoms with Gasteiger partial charge in [0.1, 0.15) is 37.6 Å². The lowest BCUT2D eigenvalue weighted by Gasteiger charge is -2.38. The Balaban J connectivity index is 2.31. The predicted molar refractivity (Wildman–Crippen MR) is 66.6 cm³/mol. The Hall–Kier alpha value is -1.07. The molecule has 5 atom stereocenters. The van der Waals surface area contributed by atoms with Crippen molar-refractivity contribution in [1.82, 2.24) is 0 Å². The van der Waals surface area contributed by atoms with E-state index in [0.29, 0.717) is 0 Å². The molecular weight excluding hydrogens is 288 g/mol. The maximum atomic E-state index is 11.0. The number of ether oxygens (including phenoxy) is 2. The second-order valence-electron chi connectivity index (χ2n) is 4.53. The lowest BCUT2D eigenvalue weighted by atomic mass is 9.99.